The molecule has 0 bridgehead atoms. The van der Waals surface area contributed by atoms with Crippen LogP contribution in [0.15, 0.2) is 24.3 Å². The topological polar surface area (TPSA) is 20.2 Å². The molecule has 0 atom stereocenters. The molecule has 1 aliphatic rings. The summed E-state index contributed by atoms with van der Waals surface area (Å²) < 4.78 is 13.8. The van der Waals surface area contributed by atoms with Crippen LogP contribution in [-0.2, 0) is 0 Å². The molecule has 0 spiro atoms. The quantitative estimate of drug-likeness (QED) is 0.767. The highest BCUT2D eigenvalue weighted by molar-refractivity contribution is 5.88. The Kier molecular flexibility index (Phi) is 1.93. The van der Waals surface area contributed by atoms with Crippen molar-refractivity contribution in [2.75, 3.05) is 0 Å². The fraction of sp³-hybridized carbons (Fsp3) is 0.286. The van der Waals surface area contributed by atoms with Gasteiger partial charge in [-0.2, -0.15) is 0 Å². The summed E-state index contributed by atoms with van der Waals surface area (Å²) in [4.78, 5) is 0. The first-order chi connectivity index (χ1) is 7.65. The summed E-state index contributed by atoms with van der Waals surface area (Å²) in [7, 11) is 0. The third kappa shape index (κ3) is 1.45. The number of rotatable bonds is 1. The van der Waals surface area contributed by atoms with Crippen molar-refractivity contribution in [3.63, 3.8) is 0 Å². The van der Waals surface area contributed by atoms with E-state index in [1.165, 1.54) is 6.07 Å². The van der Waals surface area contributed by atoms with Crippen molar-refractivity contribution in [2.45, 2.75) is 25.7 Å². The Balaban J connectivity index is 2.30. The van der Waals surface area contributed by atoms with Crippen molar-refractivity contribution >= 4 is 10.8 Å². The third-order valence-electron chi connectivity index (χ3n) is 3.28. The van der Waals surface area contributed by atoms with Gasteiger partial charge in [0.25, 0.3) is 0 Å². The van der Waals surface area contributed by atoms with Gasteiger partial charge in [0.1, 0.15) is 11.6 Å². The van der Waals surface area contributed by atoms with Crippen molar-refractivity contribution in [1.29, 1.82) is 0 Å². The van der Waals surface area contributed by atoms with Crippen LogP contribution in [0.4, 0.5) is 4.39 Å². The lowest BCUT2D eigenvalue weighted by Crippen LogP contribution is -1.89. The molecular weight excluding hydrogens is 203 g/mol. The molecule has 0 aromatic heterocycles. The van der Waals surface area contributed by atoms with Gasteiger partial charge in [0.15, 0.2) is 0 Å². The largest absolute Gasteiger partial charge is 0.508 e. The lowest BCUT2D eigenvalue weighted by molar-refractivity contribution is 0.476. The van der Waals surface area contributed by atoms with Crippen molar-refractivity contribution in [3.8, 4) is 5.75 Å². The average molecular weight is 216 g/mol. The van der Waals surface area contributed by atoms with E-state index in [2.05, 4.69) is 0 Å². The van der Waals surface area contributed by atoms with Gasteiger partial charge >= 0.3 is 0 Å². The molecular formula is C14H13FO. The van der Waals surface area contributed by atoms with Gasteiger partial charge in [-0.25, -0.2) is 4.39 Å². The van der Waals surface area contributed by atoms with E-state index in [1.807, 2.05) is 13.0 Å². The van der Waals surface area contributed by atoms with Gasteiger partial charge in [0.2, 0.25) is 0 Å². The zero-order valence-electron chi connectivity index (χ0n) is 9.13. The Bertz CT molecular complexity index is 570. The first-order valence-electron chi connectivity index (χ1n) is 5.58. The van der Waals surface area contributed by atoms with Crippen LogP contribution in [0.5, 0.6) is 5.75 Å². The van der Waals surface area contributed by atoms with Gasteiger partial charge in [-0.1, -0.05) is 0 Å². The molecule has 1 nitrogen and oxygen atoms in total. The fourth-order valence-corrected chi connectivity index (χ4v) is 2.27. The summed E-state index contributed by atoms with van der Waals surface area (Å²) >= 11 is 0. The van der Waals surface area contributed by atoms with Crippen molar-refractivity contribution in [2.24, 2.45) is 0 Å². The van der Waals surface area contributed by atoms with Crippen LogP contribution in [0, 0.1) is 12.7 Å². The van der Waals surface area contributed by atoms with Gasteiger partial charge in [-0.3, -0.25) is 0 Å². The summed E-state index contributed by atoms with van der Waals surface area (Å²) in [6.45, 7) is 1.94. The zero-order chi connectivity index (χ0) is 11.3. The summed E-state index contributed by atoms with van der Waals surface area (Å²) in [5, 5.41) is 11.3. The van der Waals surface area contributed by atoms with Crippen LogP contribution in [0.25, 0.3) is 10.8 Å². The van der Waals surface area contributed by atoms with E-state index in [0.717, 1.165) is 34.7 Å². The molecule has 0 amide bonds. The highest BCUT2D eigenvalue weighted by Crippen LogP contribution is 2.42. The number of hydrogen-bond acceptors (Lipinski definition) is 1. The van der Waals surface area contributed by atoms with Gasteiger partial charge in [0, 0.05) is 0 Å². The number of aromatic hydroxyl groups is 1. The van der Waals surface area contributed by atoms with E-state index < -0.39 is 0 Å². The van der Waals surface area contributed by atoms with E-state index >= 15 is 0 Å². The molecule has 1 aliphatic carbocycles. The van der Waals surface area contributed by atoms with E-state index in [-0.39, 0.29) is 11.6 Å². The monoisotopic (exact) mass is 216 g/mol. The van der Waals surface area contributed by atoms with Gasteiger partial charge in [0.05, 0.1) is 0 Å². The first kappa shape index (κ1) is 9.64. The molecule has 0 saturated heterocycles. The summed E-state index contributed by atoms with van der Waals surface area (Å²) in [6.07, 6.45) is 2.19. The second-order valence-electron chi connectivity index (χ2n) is 4.63. The van der Waals surface area contributed by atoms with Gasteiger partial charge in [-0.05, 0) is 71.8 Å². The van der Waals surface area contributed by atoms with E-state index in [0.29, 0.717) is 5.92 Å². The Hall–Kier alpha value is -1.57. The highest BCUT2D eigenvalue weighted by Gasteiger charge is 2.26. The molecule has 3 rings (SSSR count). The number of fused-ring (bicyclic) bond motifs is 1. The second kappa shape index (κ2) is 3.21. The number of benzene rings is 2. The van der Waals surface area contributed by atoms with Gasteiger partial charge in [-0.15, -0.1) is 0 Å². The molecule has 2 aromatic carbocycles. The SMILES string of the molecule is Cc1cc(O)cc2cc(F)c(C3CC3)cc12. The van der Waals surface area contributed by atoms with Gasteiger partial charge < -0.3 is 5.11 Å². The predicted molar refractivity (Wildman–Crippen MR) is 62.3 cm³/mol. The summed E-state index contributed by atoms with van der Waals surface area (Å²) in [6, 6.07) is 6.81. The number of phenolic OH excluding ortho intramolecular Hbond substituents is 1. The normalized spacial score (nSPS) is 15.6. The predicted octanol–water partition coefficient (Wildman–Crippen LogP) is 3.87. The zero-order valence-corrected chi connectivity index (χ0v) is 9.13. The van der Waals surface area contributed by atoms with Crippen molar-refractivity contribution in [1.82, 2.24) is 0 Å². The molecule has 2 aromatic rings. The lowest BCUT2D eigenvalue weighted by Gasteiger charge is -2.07. The first-order valence-corrected chi connectivity index (χ1v) is 5.58. The lowest BCUT2D eigenvalue weighted by atomic mass is 10.00. The minimum atomic E-state index is -0.139. The summed E-state index contributed by atoms with van der Waals surface area (Å²) in [5.74, 6) is 0.473. The van der Waals surface area contributed by atoms with E-state index in [4.69, 9.17) is 0 Å². The van der Waals surface area contributed by atoms with Crippen LogP contribution in [0.1, 0.15) is 29.9 Å². The molecule has 1 saturated carbocycles. The molecule has 1 N–H and O–H groups in total. The molecule has 82 valence electrons. The molecule has 0 aliphatic heterocycles. The van der Waals surface area contributed by atoms with Crippen LogP contribution in [-0.4, -0.2) is 5.11 Å². The van der Waals surface area contributed by atoms with Crippen molar-refractivity contribution < 1.29 is 9.50 Å². The molecule has 16 heavy (non-hydrogen) atoms. The average Bonchev–Trinajstić information content (AvgIpc) is 2.99. The number of phenols is 1. The van der Waals surface area contributed by atoms with Crippen molar-refractivity contribution in [3.05, 3.63) is 41.2 Å². The molecule has 0 radical (unpaired) electrons. The van der Waals surface area contributed by atoms with E-state index in [9.17, 15) is 9.50 Å². The van der Waals surface area contributed by atoms with Crippen LogP contribution >= 0.6 is 0 Å². The highest BCUT2D eigenvalue weighted by atomic mass is 19.1. The third-order valence-corrected chi connectivity index (χ3v) is 3.28. The minimum Gasteiger partial charge on any atom is -0.508 e. The molecule has 0 unspecified atom stereocenters. The molecule has 0 heterocycles. The minimum absolute atomic E-state index is 0.139. The number of hydrogen-bond donors (Lipinski definition) is 1. The summed E-state index contributed by atoms with van der Waals surface area (Å²) in [5.41, 5.74) is 1.83. The number of halogens is 1. The Morgan fingerprint density at radius 1 is 1.19 bits per heavy atom. The molecule has 1 fully saturated rings. The van der Waals surface area contributed by atoms with E-state index in [1.54, 1.807) is 12.1 Å². The fourth-order valence-electron chi connectivity index (χ4n) is 2.27. The maximum Gasteiger partial charge on any atom is 0.127 e. The van der Waals surface area contributed by atoms with Crippen LogP contribution < -0.4 is 0 Å². The molecule has 2 heteroatoms. The Morgan fingerprint density at radius 2 is 1.94 bits per heavy atom. The standard InChI is InChI=1S/C14H13FO/c1-8-4-11(16)5-10-6-14(15)13(7-12(8)10)9-2-3-9/h4-7,9,16H,2-3H2,1H3. The Morgan fingerprint density at radius 3 is 2.62 bits per heavy atom. The number of aryl methyl sites for hydroxylation is 1. The van der Waals surface area contributed by atoms with Crippen LogP contribution in [0.2, 0.25) is 0 Å². The second-order valence-corrected chi connectivity index (χ2v) is 4.63. The van der Waals surface area contributed by atoms with Crippen LogP contribution in [0.3, 0.4) is 0 Å². The Labute approximate surface area is 93.5 Å². The smallest absolute Gasteiger partial charge is 0.127 e. The maximum atomic E-state index is 13.8. The maximum absolute atomic E-state index is 13.8.